The molecule has 2 N–H and O–H groups in total. The van der Waals surface area contributed by atoms with Crippen LogP contribution in [0.5, 0.6) is 0 Å². The van der Waals surface area contributed by atoms with Gasteiger partial charge in [0, 0.05) is 75.2 Å². The van der Waals surface area contributed by atoms with E-state index in [9.17, 15) is 0 Å². The van der Waals surface area contributed by atoms with Gasteiger partial charge >= 0.3 is 11.9 Å². The second-order valence-corrected chi connectivity index (χ2v) is 8.98. The summed E-state index contributed by atoms with van der Waals surface area (Å²) in [4.78, 5) is 27.4. The molecule has 0 bridgehead atoms. The number of carboxylic acids is 2. The first-order valence-electron chi connectivity index (χ1n) is 11.7. The van der Waals surface area contributed by atoms with E-state index < -0.39 is 11.9 Å². The lowest BCUT2D eigenvalue weighted by Gasteiger charge is -2.34. The molecule has 4 heterocycles. The molecule has 0 radical (unpaired) electrons. The van der Waals surface area contributed by atoms with Crippen LogP contribution in [0.25, 0.3) is 5.82 Å². The molecule has 0 unspecified atom stereocenters. The molecule has 3 aromatic rings. The maximum Gasteiger partial charge on any atom is 0.414 e. The maximum absolute atomic E-state index is 9.10. The number of carboxylic acid groups (broad SMARTS) is 2. The molecule has 1 saturated heterocycles. The van der Waals surface area contributed by atoms with Crippen molar-refractivity contribution in [2.45, 2.75) is 46.8 Å². The Balaban J connectivity index is 0.000000509. The Labute approximate surface area is 205 Å². The van der Waals surface area contributed by atoms with Crippen molar-refractivity contribution in [1.29, 1.82) is 0 Å². The van der Waals surface area contributed by atoms with Gasteiger partial charge in [-0.25, -0.2) is 14.3 Å². The molecule has 35 heavy (non-hydrogen) atoms. The first-order chi connectivity index (χ1) is 16.7. The van der Waals surface area contributed by atoms with Crippen molar-refractivity contribution in [2.75, 3.05) is 26.2 Å². The highest BCUT2D eigenvalue weighted by Crippen LogP contribution is 2.24. The number of rotatable bonds is 6. The fraction of sp³-hybridized carbons (Fsp3) is 0.440. The number of aromatic nitrogens is 4. The van der Waals surface area contributed by atoms with Crippen LogP contribution in [0.3, 0.4) is 0 Å². The van der Waals surface area contributed by atoms with E-state index in [1.807, 2.05) is 18.6 Å². The van der Waals surface area contributed by atoms with Crippen molar-refractivity contribution in [3.8, 4) is 5.82 Å². The highest BCUT2D eigenvalue weighted by molar-refractivity contribution is 6.27. The van der Waals surface area contributed by atoms with Crippen LogP contribution in [-0.2, 0) is 22.7 Å². The summed E-state index contributed by atoms with van der Waals surface area (Å²) in [5.74, 6) is -2.49. The van der Waals surface area contributed by atoms with Crippen LogP contribution < -0.4 is 0 Å². The fourth-order valence-electron chi connectivity index (χ4n) is 4.32. The summed E-state index contributed by atoms with van der Waals surface area (Å²) in [5, 5.41) is 19.3. The van der Waals surface area contributed by atoms with Crippen LogP contribution in [-0.4, -0.2) is 77.5 Å². The lowest BCUT2D eigenvalue weighted by molar-refractivity contribution is -0.159. The van der Waals surface area contributed by atoms with Crippen LogP contribution in [0.15, 0.2) is 42.9 Å². The smallest absolute Gasteiger partial charge is 0.414 e. The topological polar surface area (TPSA) is 117 Å². The summed E-state index contributed by atoms with van der Waals surface area (Å²) in [5.41, 5.74) is 5.36. The highest BCUT2D eigenvalue weighted by atomic mass is 16.4. The average Bonchev–Trinajstić information content (AvgIpc) is 3.40. The molecule has 188 valence electrons. The molecule has 10 heteroatoms. The predicted octanol–water partition coefficient (Wildman–Crippen LogP) is 2.74. The molecule has 0 aromatic carbocycles. The molecule has 0 saturated carbocycles. The Kier molecular flexibility index (Phi) is 8.78. The van der Waals surface area contributed by atoms with Gasteiger partial charge in [-0.2, -0.15) is 5.10 Å². The van der Waals surface area contributed by atoms with Crippen LogP contribution >= 0.6 is 0 Å². The molecule has 0 spiro atoms. The normalized spacial score (nSPS) is 14.5. The van der Waals surface area contributed by atoms with Crippen molar-refractivity contribution < 1.29 is 19.8 Å². The Morgan fingerprint density at radius 2 is 1.49 bits per heavy atom. The SMILES string of the molecule is Cc1cc(CN2CCN(Cc3ccncc3)CC2)c(C)n1-c1ccnn1C(C)C.O=C(O)C(=O)O. The molecule has 0 atom stereocenters. The Morgan fingerprint density at radius 3 is 2.03 bits per heavy atom. The number of piperazine rings is 1. The van der Waals surface area contributed by atoms with E-state index >= 15 is 0 Å². The van der Waals surface area contributed by atoms with Crippen LogP contribution in [0.4, 0.5) is 0 Å². The van der Waals surface area contributed by atoms with Crippen molar-refractivity contribution in [1.82, 2.24) is 29.1 Å². The van der Waals surface area contributed by atoms with E-state index in [4.69, 9.17) is 19.8 Å². The molecule has 0 amide bonds. The highest BCUT2D eigenvalue weighted by Gasteiger charge is 2.20. The van der Waals surface area contributed by atoms with Gasteiger partial charge in [0.25, 0.3) is 0 Å². The molecule has 10 nitrogen and oxygen atoms in total. The zero-order chi connectivity index (χ0) is 25.5. The number of hydrogen-bond acceptors (Lipinski definition) is 6. The fourth-order valence-corrected chi connectivity index (χ4v) is 4.32. The molecular weight excluding hydrogens is 448 g/mol. The Hall–Kier alpha value is -3.50. The van der Waals surface area contributed by atoms with E-state index in [-0.39, 0.29) is 0 Å². The standard InChI is InChI=1S/C23H32N6.C2H2O4/c1-18(2)29-23(7-10-25-29)28-19(3)15-22(20(28)4)17-27-13-11-26(12-14-27)16-21-5-8-24-9-6-21;3-1(4)2(5)6/h5-10,15,18H,11-14,16-17H2,1-4H3;(H,3,4)(H,5,6). The first-order valence-corrected chi connectivity index (χ1v) is 11.7. The zero-order valence-corrected chi connectivity index (χ0v) is 20.8. The summed E-state index contributed by atoms with van der Waals surface area (Å²) >= 11 is 0. The average molecular weight is 483 g/mol. The lowest BCUT2D eigenvalue weighted by atomic mass is 10.2. The molecular formula is C25H34N6O4. The number of carbonyl (C=O) groups is 2. The van der Waals surface area contributed by atoms with Crippen molar-refractivity contribution >= 4 is 11.9 Å². The minimum Gasteiger partial charge on any atom is -0.473 e. The summed E-state index contributed by atoms with van der Waals surface area (Å²) in [7, 11) is 0. The van der Waals surface area contributed by atoms with E-state index in [0.717, 1.165) is 45.1 Å². The van der Waals surface area contributed by atoms with Gasteiger partial charge in [-0.3, -0.25) is 14.8 Å². The van der Waals surface area contributed by atoms with Crippen molar-refractivity contribution in [3.05, 3.63) is 65.4 Å². The number of aryl methyl sites for hydroxylation is 1. The monoisotopic (exact) mass is 482 g/mol. The predicted molar refractivity (Wildman–Crippen MR) is 131 cm³/mol. The third-order valence-electron chi connectivity index (χ3n) is 6.10. The van der Waals surface area contributed by atoms with Crippen molar-refractivity contribution in [3.63, 3.8) is 0 Å². The van der Waals surface area contributed by atoms with E-state index in [0.29, 0.717) is 6.04 Å². The molecule has 1 aliphatic rings. The molecule has 4 rings (SSSR count). The number of aliphatic carboxylic acids is 2. The van der Waals surface area contributed by atoms with Gasteiger partial charge in [0.2, 0.25) is 0 Å². The zero-order valence-electron chi connectivity index (χ0n) is 20.8. The Bertz CT molecular complexity index is 1120. The van der Waals surface area contributed by atoms with Gasteiger partial charge < -0.3 is 14.8 Å². The first kappa shape index (κ1) is 26.1. The van der Waals surface area contributed by atoms with Gasteiger partial charge in [-0.05, 0) is 57.0 Å². The molecule has 3 aromatic heterocycles. The molecule has 0 aliphatic carbocycles. The number of nitrogens with zero attached hydrogens (tertiary/aromatic N) is 6. The number of pyridine rings is 1. The molecule has 1 fully saturated rings. The van der Waals surface area contributed by atoms with Gasteiger partial charge in [0.15, 0.2) is 0 Å². The second kappa shape index (κ2) is 11.8. The van der Waals surface area contributed by atoms with Gasteiger partial charge in [0.05, 0.1) is 6.20 Å². The minimum absolute atomic E-state index is 0.345. The second-order valence-electron chi connectivity index (χ2n) is 8.98. The Morgan fingerprint density at radius 1 is 0.914 bits per heavy atom. The lowest BCUT2D eigenvalue weighted by Crippen LogP contribution is -2.45. The van der Waals surface area contributed by atoms with Crippen LogP contribution in [0.1, 0.15) is 42.4 Å². The third-order valence-corrected chi connectivity index (χ3v) is 6.10. The summed E-state index contributed by atoms with van der Waals surface area (Å²) in [6, 6.07) is 9.03. The van der Waals surface area contributed by atoms with E-state index in [1.165, 1.54) is 22.5 Å². The minimum atomic E-state index is -1.82. The van der Waals surface area contributed by atoms with Crippen LogP contribution in [0.2, 0.25) is 0 Å². The van der Waals surface area contributed by atoms with Gasteiger partial charge in [0.1, 0.15) is 5.82 Å². The summed E-state index contributed by atoms with van der Waals surface area (Å²) in [6.07, 6.45) is 5.66. The largest absolute Gasteiger partial charge is 0.473 e. The quantitative estimate of drug-likeness (QED) is 0.515. The summed E-state index contributed by atoms with van der Waals surface area (Å²) < 4.78 is 4.45. The summed E-state index contributed by atoms with van der Waals surface area (Å²) in [6.45, 7) is 15.3. The maximum atomic E-state index is 9.10. The van der Waals surface area contributed by atoms with E-state index in [1.54, 1.807) is 0 Å². The molecule has 1 aliphatic heterocycles. The van der Waals surface area contributed by atoms with Gasteiger partial charge in [-0.1, -0.05) is 0 Å². The number of hydrogen-bond donors (Lipinski definition) is 2. The van der Waals surface area contributed by atoms with Crippen molar-refractivity contribution in [2.24, 2.45) is 0 Å². The van der Waals surface area contributed by atoms with Gasteiger partial charge in [-0.15, -0.1) is 0 Å². The van der Waals surface area contributed by atoms with Crippen LogP contribution in [0, 0.1) is 13.8 Å². The third kappa shape index (κ3) is 6.77. The van der Waals surface area contributed by atoms with E-state index in [2.05, 4.69) is 81.1 Å².